The van der Waals surface area contributed by atoms with Gasteiger partial charge in [-0.1, -0.05) is 10.7 Å². The van der Waals surface area contributed by atoms with Gasteiger partial charge in [-0.15, -0.1) is 0 Å². The standard InChI is InChI=1S/C22H25F3N2O3S/c1-3-31(20-13-15(21(28)29)7-10-19(20)30-2)26-17-14-16(22(23,24)25)8-9-18(17)27-11-5-4-6-12-27/h3,7-10,13-14,26H,4-6,11-12H2,1-2H3,(H,28,29). The number of nitrogens with zero attached hydrogens (tertiary/aromatic N) is 1. The van der Waals surface area contributed by atoms with E-state index < -0.39 is 28.4 Å². The first-order valence-electron chi connectivity index (χ1n) is 9.91. The van der Waals surface area contributed by atoms with E-state index in [9.17, 15) is 23.1 Å². The molecular formula is C22H25F3N2O3S. The third-order valence-corrected chi connectivity index (χ3v) is 6.83. The maximum Gasteiger partial charge on any atom is 0.416 e. The molecule has 0 aromatic heterocycles. The monoisotopic (exact) mass is 454 g/mol. The number of piperidine rings is 1. The summed E-state index contributed by atoms with van der Waals surface area (Å²) >= 11 is 0. The molecule has 1 aliphatic rings. The van der Waals surface area contributed by atoms with E-state index in [0.717, 1.165) is 44.5 Å². The molecule has 0 bridgehead atoms. The molecule has 168 valence electrons. The summed E-state index contributed by atoms with van der Waals surface area (Å²) in [5.74, 6) is -0.623. The van der Waals surface area contributed by atoms with Crippen molar-refractivity contribution in [3.63, 3.8) is 0 Å². The molecule has 1 fully saturated rings. The Hall–Kier alpha value is -2.68. The smallest absolute Gasteiger partial charge is 0.416 e. The van der Waals surface area contributed by atoms with Crippen LogP contribution in [-0.2, 0) is 6.18 Å². The maximum atomic E-state index is 13.4. The Bertz CT molecular complexity index is 986. The first-order chi connectivity index (χ1) is 14.7. The molecule has 1 heterocycles. The summed E-state index contributed by atoms with van der Waals surface area (Å²) in [4.78, 5) is 14.1. The number of hydrogen-bond donors (Lipinski definition) is 2. The van der Waals surface area contributed by atoms with E-state index in [0.29, 0.717) is 22.0 Å². The minimum absolute atomic E-state index is 0.0808. The maximum absolute atomic E-state index is 13.4. The van der Waals surface area contributed by atoms with Crippen LogP contribution in [0.15, 0.2) is 41.3 Å². The second kappa shape index (κ2) is 9.64. The van der Waals surface area contributed by atoms with E-state index in [1.54, 1.807) is 18.4 Å². The summed E-state index contributed by atoms with van der Waals surface area (Å²) < 4.78 is 48.8. The van der Waals surface area contributed by atoms with Gasteiger partial charge < -0.3 is 19.5 Å². The van der Waals surface area contributed by atoms with Crippen LogP contribution in [0.5, 0.6) is 5.75 Å². The Morgan fingerprint density at radius 3 is 2.45 bits per heavy atom. The Morgan fingerprint density at radius 2 is 1.87 bits per heavy atom. The van der Waals surface area contributed by atoms with Crippen LogP contribution in [0, 0.1) is 0 Å². The number of hydrogen-bond acceptors (Lipinski definition) is 4. The SMILES string of the molecule is C/C=S(\Nc1cc(C(F)(F)F)ccc1N1CCCCC1)c1cc(C(=O)O)ccc1OC. The lowest BCUT2D eigenvalue weighted by Crippen LogP contribution is -2.30. The fraction of sp³-hybridized carbons (Fsp3) is 0.364. The zero-order valence-electron chi connectivity index (χ0n) is 17.3. The number of halogens is 3. The number of carboxylic acid groups (broad SMARTS) is 1. The molecule has 3 rings (SSSR count). The van der Waals surface area contributed by atoms with Gasteiger partial charge >= 0.3 is 12.1 Å². The van der Waals surface area contributed by atoms with Crippen LogP contribution in [0.25, 0.3) is 0 Å². The van der Waals surface area contributed by atoms with Crippen LogP contribution in [0.2, 0.25) is 0 Å². The summed E-state index contributed by atoms with van der Waals surface area (Å²) in [6.07, 6.45) is -1.39. The van der Waals surface area contributed by atoms with E-state index in [4.69, 9.17) is 4.74 Å². The van der Waals surface area contributed by atoms with Crippen LogP contribution in [0.4, 0.5) is 24.5 Å². The second-order valence-corrected chi connectivity index (χ2v) is 8.91. The first kappa shape index (κ1) is 23.0. The molecule has 0 spiro atoms. The molecule has 0 amide bonds. The molecule has 5 nitrogen and oxygen atoms in total. The van der Waals surface area contributed by atoms with Crippen LogP contribution in [0.1, 0.15) is 42.1 Å². The van der Waals surface area contributed by atoms with Crippen LogP contribution >= 0.6 is 10.7 Å². The van der Waals surface area contributed by atoms with Gasteiger partial charge in [-0.2, -0.15) is 13.2 Å². The highest BCUT2D eigenvalue weighted by Crippen LogP contribution is 2.41. The van der Waals surface area contributed by atoms with Crippen molar-refractivity contribution in [3.05, 3.63) is 47.5 Å². The van der Waals surface area contributed by atoms with Crippen molar-refractivity contribution in [3.8, 4) is 5.75 Å². The van der Waals surface area contributed by atoms with Crippen LogP contribution in [0.3, 0.4) is 0 Å². The van der Waals surface area contributed by atoms with Gasteiger partial charge in [-0.3, -0.25) is 0 Å². The number of alkyl halides is 3. The van der Waals surface area contributed by atoms with Crippen molar-refractivity contribution in [1.82, 2.24) is 0 Å². The molecule has 2 aromatic rings. The number of benzene rings is 2. The highest BCUT2D eigenvalue weighted by molar-refractivity contribution is 8.16. The van der Waals surface area contributed by atoms with E-state index in [1.165, 1.54) is 25.3 Å². The summed E-state index contributed by atoms with van der Waals surface area (Å²) in [5, 5.41) is 11.2. The van der Waals surface area contributed by atoms with Gasteiger partial charge in [-0.05, 0) is 68.0 Å². The molecule has 1 unspecified atom stereocenters. The van der Waals surface area contributed by atoms with Crippen molar-refractivity contribution in [1.29, 1.82) is 0 Å². The van der Waals surface area contributed by atoms with Crippen molar-refractivity contribution < 1.29 is 27.8 Å². The molecule has 1 atom stereocenters. The molecule has 1 aliphatic heterocycles. The lowest BCUT2D eigenvalue weighted by Gasteiger charge is -2.31. The molecule has 2 aromatic carbocycles. The van der Waals surface area contributed by atoms with Crippen LogP contribution < -0.4 is 14.4 Å². The van der Waals surface area contributed by atoms with E-state index in [-0.39, 0.29) is 5.56 Å². The minimum atomic E-state index is -4.47. The normalized spacial score (nSPS) is 15.6. The number of carboxylic acids is 1. The van der Waals surface area contributed by atoms with Gasteiger partial charge in [0.25, 0.3) is 0 Å². The second-order valence-electron chi connectivity index (χ2n) is 7.12. The first-order valence-corrected chi connectivity index (χ1v) is 11.2. The quantitative estimate of drug-likeness (QED) is 0.534. The Balaban J connectivity index is 2.06. The van der Waals surface area contributed by atoms with Gasteiger partial charge in [-0.25, -0.2) is 4.79 Å². The zero-order chi connectivity index (χ0) is 22.6. The number of rotatable bonds is 6. The number of nitrogens with one attached hydrogen (secondary N) is 1. The molecule has 2 N–H and O–H groups in total. The molecule has 1 saturated heterocycles. The minimum Gasteiger partial charge on any atom is -0.496 e. The predicted molar refractivity (Wildman–Crippen MR) is 119 cm³/mol. The molecule has 0 radical (unpaired) electrons. The summed E-state index contributed by atoms with van der Waals surface area (Å²) in [6.45, 7) is 3.33. The number of anilines is 2. The Labute approximate surface area is 181 Å². The van der Waals surface area contributed by atoms with Crippen LogP contribution in [-0.4, -0.2) is 36.6 Å². The van der Waals surface area contributed by atoms with Crippen molar-refractivity contribution in [2.45, 2.75) is 37.3 Å². The number of carbonyl (C=O) groups is 1. The molecule has 9 heteroatoms. The van der Waals surface area contributed by atoms with Crippen molar-refractivity contribution in [2.75, 3.05) is 29.8 Å². The molecule has 0 saturated carbocycles. The number of aromatic carboxylic acids is 1. The van der Waals surface area contributed by atoms with Crippen molar-refractivity contribution in [2.24, 2.45) is 0 Å². The molecule has 0 aliphatic carbocycles. The fourth-order valence-electron chi connectivity index (χ4n) is 3.55. The van der Waals surface area contributed by atoms with Gasteiger partial charge in [0.2, 0.25) is 0 Å². The summed E-state index contributed by atoms with van der Waals surface area (Å²) in [7, 11) is 0.581. The summed E-state index contributed by atoms with van der Waals surface area (Å²) in [6, 6.07) is 8.23. The highest BCUT2D eigenvalue weighted by atomic mass is 32.2. The van der Waals surface area contributed by atoms with Gasteiger partial charge in [0.15, 0.2) is 0 Å². The average molecular weight is 455 g/mol. The third-order valence-electron chi connectivity index (χ3n) is 5.12. The van der Waals surface area contributed by atoms with E-state index in [1.807, 2.05) is 0 Å². The molecular weight excluding hydrogens is 429 g/mol. The molecule has 31 heavy (non-hydrogen) atoms. The zero-order valence-corrected chi connectivity index (χ0v) is 18.1. The average Bonchev–Trinajstić information content (AvgIpc) is 2.76. The van der Waals surface area contributed by atoms with Gasteiger partial charge in [0.1, 0.15) is 5.75 Å². The van der Waals surface area contributed by atoms with Crippen molar-refractivity contribution >= 4 is 33.4 Å². The van der Waals surface area contributed by atoms with Gasteiger partial charge in [0, 0.05) is 13.1 Å². The van der Waals surface area contributed by atoms with E-state index >= 15 is 0 Å². The lowest BCUT2D eigenvalue weighted by atomic mass is 10.1. The van der Waals surface area contributed by atoms with Gasteiger partial charge in [0.05, 0.1) is 34.5 Å². The predicted octanol–water partition coefficient (Wildman–Crippen LogP) is 5.88. The fourth-order valence-corrected chi connectivity index (χ4v) is 5.05. The summed E-state index contributed by atoms with van der Waals surface area (Å²) in [5.41, 5.74) is 0.417. The number of methoxy groups -OCH3 is 1. The topological polar surface area (TPSA) is 61.8 Å². The van der Waals surface area contributed by atoms with E-state index in [2.05, 4.69) is 9.62 Å². The Morgan fingerprint density at radius 1 is 1.16 bits per heavy atom. The number of ether oxygens (including phenoxy) is 1. The third kappa shape index (κ3) is 5.33. The highest BCUT2D eigenvalue weighted by Gasteiger charge is 2.32. The lowest BCUT2D eigenvalue weighted by molar-refractivity contribution is -0.137. The Kier molecular flexibility index (Phi) is 7.15. The largest absolute Gasteiger partial charge is 0.496 e.